The van der Waals surface area contributed by atoms with Gasteiger partial charge in [-0.25, -0.2) is 0 Å². The SMILES string of the molecule is C=C(CCCC)N1CCN(C(=C)c2ccc3c(Cl)c4c(nc3c2)CC(CCN2CCCC2)CC4)CC1. The van der Waals surface area contributed by atoms with Gasteiger partial charge in [0.05, 0.1) is 10.5 Å². The van der Waals surface area contributed by atoms with E-state index in [9.17, 15) is 0 Å². The van der Waals surface area contributed by atoms with Crippen molar-refractivity contribution in [3.8, 4) is 0 Å². The number of rotatable bonds is 9. The highest BCUT2D eigenvalue weighted by Gasteiger charge is 2.25. The van der Waals surface area contributed by atoms with Gasteiger partial charge in [-0.05, 0) is 94.1 Å². The average Bonchev–Trinajstić information content (AvgIpc) is 3.44. The molecule has 1 unspecified atom stereocenters. The largest absolute Gasteiger partial charge is 0.372 e. The molecule has 0 bridgehead atoms. The molecular weight excluding hydrogens is 464 g/mol. The van der Waals surface area contributed by atoms with Crippen LogP contribution in [-0.4, -0.2) is 65.5 Å². The first-order chi connectivity index (χ1) is 17.5. The number of fused-ring (bicyclic) bond motifs is 2. The molecule has 2 aliphatic heterocycles. The van der Waals surface area contributed by atoms with E-state index in [1.807, 2.05) is 0 Å². The number of hydrogen-bond acceptors (Lipinski definition) is 4. The van der Waals surface area contributed by atoms with Crippen LogP contribution >= 0.6 is 11.6 Å². The molecule has 2 fully saturated rings. The summed E-state index contributed by atoms with van der Waals surface area (Å²) in [6.45, 7) is 18.9. The maximum Gasteiger partial charge on any atom is 0.0727 e. The Kier molecular flexibility index (Phi) is 8.22. The van der Waals surface area contributed by atoms with Gasteiger partial charge in [0.1, 0.15) is 0 Å². The summed E-state index contributed by atoms with van der Waals surface area (Å²) >= 11 is 6.96. The first kappa shape index (κ1) is 25.6. The first-order valence-electron chi connectivity index (χ1n) is 14.2. The summed E-state index contributed by atoms with van der Waals surface area (Å²) in [5.74, 6) is 0.723. The van der Waals surface area contributed by atoms with E-state index in [0.29, 0.717) is 0 Å². The van der Waals surface area contributed by atoms with Gasteiger partial charge in [0.15, 0.2) is 0 Å². The molecule has 4 nitrogen and oxygen atoms in total. The molecule has 0 radical (unpaired) electrons. The summed E-state index contributed by atoms with van der Waals surface area (Å²) in [5, 5.41) is 2.00. The van der Waals surface area contributed by atoms with Gasteiger partial charge in [-0.3, -0.25) is 4.98 Å². The number of pyridine rings is 1. The molecule has 1 aromatic carbocycles. The molecule has 1 aliphatic carbocycles. The van der Waals surface area contributed by atoms with Gasteiger partial charge in [-0.1, -0.05) is 50.2 Å². The average molecular weight is 507 g/mol. The van der Waals surface area contributed by atoms with Crippen molar-refractivity contribution in [2.24, 2.45) is 5.92 Å². The third-order valence-electron chi connectivity index (χ3n) is 8.70. The number of nitrogens with zero attached hydrogens (tertiary/aromatic N) is 4. The smallest absolute Gasteiger partial charge is 0.0727 e. The van der Waals surface area contributed by atoms with Crippen LogP contribution in [0.15, 0.2) is 37.1 Å². The van der Waals surface area contributed by atoms with Crippen LogP contribution in [-0.2, 0) is 12.8 Å². The number of benzene rings is 1. The highest BCUT2D eigenvalue weighted by Crippen LogP contribution is 2.36. The standard InChI is InChI=1S/C31H43ClN4/c1-4-5-8-23(2)35-17-19-36(20-18-35)24(3)26-10-12-28-30(22-26)33-29-21-25(9-11-27(29)31(28)32)13-16-34-14-6-7-15-34/h10,12,22,25H,2-9,11,13-21H2,1H3. The van der Waals surface area contributed by atoms with E-state index in [4.69, 9.17) is 16.6 Å². The Hall–Kier alpha value is -2.04. The van der Waals surface area contributed by atoms with Gasteiger partial charge in [0, 0.05) is 48.7 Å². The summed E-state index contributed by atoms with van der Waals surface area (Å²) in [6.07, 6.45) is 10.9. The van der Waals surface area contributed by atoms with Crippen molar-refractivity contribution in [1.29, 1.82) is 0 Å². The second kappa shape index (κ2) is 11.6. The Labute approximate surface area is 223 Å². The molecule has 5 rings (SSSR count). The van der Waals surface area contributed by atoms with Gasteiger partial charge in [0.2, 0.25) is 0 Å². The van der Waals surface area contributed by atoms with Crippen molar-refractivity contribution in [2.75, 3.05) is 45.8 Å². The van der Waals surface area contributed by atoms with Crippen LogP contribution in [0.2, 0.25) is 5.02 Å². The molecule has 194 valence electrons. The number of piperazine rings is 1. The fourth-order valence-corrected chi connectivity index (χ4v) is 6.63. The molecule has 5 heteroatoms. The lowest BCUT2D eigenvalue weighted by atomic mass is 9.84. The van der Waals surface area contributed by atoms with Gasteiger partial charge >= 0.3 is 0 Å². The predicted molar refractivity (Wildman–Crippen MR) is 153 cm³/mol. The minimum Gasteiger partial charge on any atom is -0.372 e. The minimum absolute atomic E-state index is 0.723. The molecule has 0 amide bonds. The van der Waals surface area contributed by atoms with Crippen molar-refractivity contribution >= 4 is 28.2 Å². The number of halogens is 1. The monoisotopic (exact) mass is 506 g/mol. The Morgan fingerprint density at radius 1 is 1.06 bits per heavy atom. The van der Waals surface area contributed by atoms with Crippen molar-refractivity contribution in [3.05, 3.63) is 58.9 Å². The highest BCUT2D eigenvalue weighted by molar-refractivity contribution is 6.36. The first-order valence-corrected chi connectivity index (χ1v) is 14.6. The predicted octanol–water partition coefficient (Wildman–Crippen LogP) is 6.77. The lowest BCUT2D eigenvalue weighted by Gasteiger charge is -2.39. The van der Waals surface area contributed by atoms with Crippen LogP contribution in [0.3, 0.4) is 0 Å². The van der Waals surface area contributed by atoms with Crippen molar-refractivity contribution in [2.45, 2.75) is 64.7 Å². The Bertz CT molecular complexity index is 1100. The zero-order valence-electron chi connectivity index (χ0n) is 22.2. The molecule has 0 saturated carbocycles. The van der Waals surface area contributed by atoms with E-state index >= 15 is 0 Å². The Morgan fingerprint density at radius 3 is 2.56 bits per heavy atom. The fraction of sp³-hybridized carbons (Fsp3) is 0.581. The molecular formula is C31H43ClN4. The Balaban J connectivity index is 1.26. The van der Waals surface area contributed by atoms with Crippen LogP contribution in [0.1, 0.15) is 68.7 Å². The number of hydrogen-bond donors (Lipinski definition) is 0. The summed E-state index contributed by atoms with van der Waals surface area (Å²) < 4.78 is 0. The number of aromatic nitrogens is 1. The normalized spacial score (nSPS) is 20.7. The van der Waals surface area contributed by atoms with Crippen LogP contribution in [0, 0.1) is 5.92 Å². The van der Waals surface area contributed by atoms with Crippen molar-refractivity contribution in [3.63, 3.8) is 0 Å². The minimum atomic E-state index is 0.723. The highest BCUT2D eigenvalue weighted by atomic mass is 35.5. The molecule has 1 aromatic heterocycles. The van der Waals surface area contributed by atoms with E-state index in [2.05, 4.69) is 53.0 Å². The molecule has 0 N–H and O–H groups in total. The van der Waals surface area contributed by atoms with Crippen LogP contribution in [0.5, 0.6) is 0 Å². The van der Waals surface area contributed by atoms with Crippen LogP contribution in [0.4, 0.5) is 0 Å². The maximum absolute atomic E-state index is 6.96. The fourth-order valence-electron chi connectivity index (χ4n) is 6.27. The molecule has 3 heterocycles. The molecule has 2 aromatic rings. The molecule has 1 atom stereocenters. The van der Waals surface area contributed by atoms with E-state index in [0.717, 1.165) is 78.5 Å². The second-order valence-corrected chi connectivity index (χ2v) is 11.5. The van der Waals surface area contributed by atoms with E-state index in [-0.39, 0.29) is 0 Å². The summed E-state index contributed by atoms with van der Waals surface area (Å²) in [4.78, 5) is 12.7. The van der Waals surface area contributed by atoms with Crippen LogP contribution in [0.25, 0.3) is 16.6 Å². The van der Waals surface area contributed by atoms with Gasteiger partial charge in [-0.2, -0.15) is 0 Å². The molecule has 36 heavy (non-hydrogen) atoms. The lowest BCUT2D eigenvalue weighted by Crippen LogP contribution is -2.44. The maximum atomic E-state index is 6.96. The second-order valence-electron chi connectivity index (χ2n) is 11.1. The zero-order valence-corrected chi connectivity index (χ0v) is 23.0. The quantitative estimate of drug-likeness (QED) is 0.374. The van der Waals surface area contributed by atoms with E-state index in [1.165, 1.54) is 75.1 Å². The molecule has 2 saturated heterocycles. The number of likely N-dealkylation sites (tertiary alicyclic amines) is 1. The topological polar surface area (TPSA) is 22.6 Å². The van der Waals surface area contributed by atoms with Crippen LogP contribution < -0.4 is 0 Å². The number of unbranched alkanes of at least 4 members (excludes halogenated alkanes) is 1. The third-order valence-corrected chi connectivity index (χ3v) is 9.13. The van der Waals surface area contributed by atoms with E-state index in [1.54, 1.807) is 0 Å². The molecule has 0 spiro atoms. The van der Waals surface area contributed by atoms with Gasteiger partial charge < -0.3 is 14.7 Å². The lowest BCUT2D eigenvalue weighted by molar-refractivity contribution is 0.209. The van der Waals surface area contributed by atoms with Gasteiger partial charge in [0.25, 0.3) is 0 Å². The zero-order chi connectivity index (χ0) is 25.1. The summed E-state index contributed by atoms with van der Waals surface area (Å²) in [6, 6.07) is 6.55. The summed E-state index contributed by atoms with van der Waals surface area (Å²) in [7, 11) is 0. The number of allylic oxidation sites excluding steroid dienone is 1. The van der Waals surface area contributed by atoms with E-state index < -0.39 is 0 Å². The van der Waals surface area contributed by atoms with Gasteiger partial charge in [-0.15, -0.1) is 0 Å². The molecule has 3 aliphatic rings. The Morgan fingerprint density at radius 2 is 1.81 bits per heavy atom. The third kappa shape index (κ3) is 5.60. The summed E-state index contributed by atoms with van der Waals surface area (Å²) in [5.41, 5.74) is 7.07. The van der Waals surface area contributed by atoms with Crippen molar-refractivity contribution < 1.29 is 0 Å². The van der Waals surface area contributed by atoms with Crippen molar-refractivity contribution in [1.82, 2.24) is 19.7 Å².